The first-order valence-corrected chi connectivity index (χ1v) is 9.44. The van der Waals surface area contributed by atoms with Crippen LogP contribution >= 0.6 is 23.1 Å². The van der Waals surface area contributed by atoms with Gasteiger partial charge in [0, 0.05) is 18.8 Å². The number of aromatic nitrogens is 2. The van der Waals surface area contributed by atoms with Crippen LogP contribution < -0.4 is 5.32 Å². The lowest BCUT2D eigenvalue weighted by atomic mass is 10.2. The van der Waals surface area contributed by atoms with Crippen LogP contribution in [-0.4, -0.2) is 39.3 Å². The number of carbonyl (C=O) groups excluding carboxylic acids is 1. The van der Waals surface area contributed by atoms with Crippen LogP contribution in [0.3, 0.4) is 0 Å². The molecule has 1 saturated heterocycles. The molecular formula is C16H20N4OS2. The van der Waals surface area contributed by atoms with Gasteiger partial charge in [0.15, 0.2) is 4.34 Å². The summed E-state index contributed by atoms with van der Waals surface area (Å²) in [5, 5.41) is 12.3. The van der Waals surface area contributed by atoms with E-state index in [1.165, 1.54) is 23.1 Å². The van der Waals surface area contributed by atoms with Crippen molar-refractivity contribution in [2.75, 3.05) is 18.4 Å². The van der Waals surface area contributed by atoms with Crippen LogP contribution in [0.25, 0.3) is 0 Å². The van der Waals surface area contributed by atoms with Gasteiger partial charge in [-0.2, -0.15) is 0 Å². The number of nitrogens with zero attached hydrogens (tertiary/aromatic N) is 3. The van der Waals surface area contributed by atoms with Crippen molar-refractivity contribution in [1.82, 2.24) is 15.1 Å². The molecule has 1 N–H and O–H groups in total. The number of carbonyl (C=O) groups is 1. The number of likely N-dealkylation sites (tertiary alicyclic amines) is 1. The normalized spacial score (nSPS) is 15.7. The number of aryl methyl sites for hydroxylation is 1. The summed E-state index contributed by atoms with van der Waals surface area (Å²) in [4.78, 5) is 14.3. The van der Waals surface area contributed by atoms with Crippen LogP contribution in [0.4, 0.5) is 10.8 Å². The van der Waals surface area contributed by atoms with E-state index in [1.807, 2.05) is 30.0 Å². The van der Waals surface area contributed by atoms with Crippen molar-refractivity contribution in [3.63, 3.8) is 0 Å². The average Bonchev–Trinajstić information content (AvgIpc) is 3.21. The highest BCUT2D eigenvalue weighted by Crippen LogP contribution is 2.32. The number of para-hydroxylation sites is 1. The third-order valence-electron chi connectivity index (χ3n) is 3.84. The van der Waals surface area contributed by atoms with Gasteiger partial charge in [-0.15, -0.1) is 10.2 Å². The zero-order chi connectivity index (χ0) is 16.2. The largest absolute Gasteiger partial charge is 0.342 e. The Labute approximate surface area is 144 Å². The van der Waals surface area contributed by atoms with E-state index >= 15 is 0 Å². The van der Waals surface area contributed by atoms with E-state index in [-0.39, 0.29) is 11.2 Å². The molecule has 2 aromatic rings. The molecule has 1 aliphatic rings. The maximum Gasteiger partial charge on any atom is 0.235 e. The summed E-state index contributed by atoms with van der Waals surface area (Å²) in [6.07, 6.45) is 2.23. The Bertz CT molecular complexity index is 682. The number of benzene rings is 1. The lowest BCUT2D eigenvalue weighted by molar-refractivity contribution is -0.129. The zero-order valence-corrected chi connectivity index (χ0v) is 14.9. The number of rotatable bonds is 5. The van der Waals surface area contributed by atoms with Crippen LogP contribution in [0.15, 0.2) is 28.6 Å². The van der Waals surface area contributed by atoms with Crippen LogP contribution in [-0.2, 0) is 4.79 Å². The highest BCUT2D eigenvalue weighted by molar-refractivity contribution is 8.02. The minimum atomic E-state index is -0.118. The Morgan fingerprint density at radius 3 is 2.78 bits per heavy atom. The molecule has 0 aliphatic carbocycles. The third-order valence-corrected chi connectivity index (χ3v) is 5.85. The lowest BCUT2D eigenvalue weighted by Gasteiger charge is -2.18. The molecule has 2 heterocycles. The minimum absolute atomic E-state index is 0.118. The Kier molecular flexibility index (Phi) is 5.17. The second kappa shape index (κ2) is 7.31. The maximum absolute atomic E-state index is 12.3. The second-order valence-corrected chi connectivity index (χ2v) is 8.17. The summed E-state index contributed by atoms with van der Waals surface area (Å²) in [7, 11) is 0. The summed E-state index contributed by atoms with van der Waals surface area (Å²) < 4.78 is 0.820. The summed E-state index contributed by atoms with van der Waals surface area (Å²) in [5.41, 5.74) is 2.19. The van der Waals surface area contributed by atoms with Gasteiger partial charge in [-0.25, -0.2) is 0 Å². The third kappa shape index (κ3) is 4.03. The topological polar surface area (TPSA) is 58.1 Å². The highest BCUT2D eigenvalue weighted by Gasteiger charge is 2.25. The number of anilines is 2. The van der Waals surface area contributed by atoms with Gasteiger partial charge in [0.1, 0.15) is 0 Å². The van der Waals surface area contributed by atoms with Crippen LogP contribution in [0.1, 0.15) is 25.3 Å². The van der Waals surface area contributed by atoms with Gasteiger partial charge < -0.3 is 10.2 Å². The van der Waals surface area contributed by atoms with E-state index < -0.39 is 0 Å². The summed E-state index contributed by atoms with van der Waals surface area (Å²) >= 11 is 2.97. The van der Waals surface area contributed by atoms with Crippen molar-refractivity contribution >= 4 is 39.8 Å². The Morgan fingerprint density at radius 2 is 2.04 bits per heavy atom. The monoisotopic (exact) mass is 348 g/mol. The minimum Gasteiger partial charge on any atom is -0.342 e. The highest BCUT2D eigenvalue weighted by atomic mass is 32.2. The fourth-order valence-corrected chi connectivity index (χ4v) is 4.52. The van der Waals surface area contributed by atoms with Gasteiger partial charge in [-0.1, -0.05) is 41.3 Å². The zero-order valence-electron chi connectivity index (χ0n) is 13.3. The molecule has 0 unspecified atom stereocenters. The molecule has 5 nitrogen and oxygen atoms in total. The van der Waals surface area contributed by atoms with Crippen molar-refractivity contribution in [3.8, 4) is 0 Å². The number of nitrogens with one attached hydrogen (secondary N) is 1. The molecule has 1 aromatic heterocycles. The molecule has 1 fully saturated rings. The van der Waals surface area contributed by atoms with Crippen LogP contribution in [0.5, 0.6) is 0 Å². The molecule has 0 radical (unpaired) electrons. The number of thioether (sulfide) groups is 1. The Hall–Kier alpha value is -1.60. The van der Waals surface area contributed by atoms with Gasteiger partial charge in [0.25, 0.3) is 0 Å². The van der Waals surface area contributed by atoms with Crippen molar-refractivity contribution in [2.24, 2.45) is 0 Å². The Morgan fingerprint density at radius 1 is 1.30 bits per heavy atom. The predicted octanol–water partition coefficient (Wildman–Crippen LogP) is 3.69. The van der Waals surface area contributed by atoms with E-state index in [1.54, 1.807) is 0 Å². The van der Waals surface area contributed by atoms with E-state index in [2.05, 4.69) is 28.5 Å². The molecule has 3 rings (SSSR count). The maximum atomic E-state index is 12.3. The first-order chi connectivity index (χ1) is 11.1. The molecule has 23 heavy (non-hydrogen) atoms. The quantitative estimate of drug-likeness (QED) is 0.835. The fraction of sp³-hybridized carbons (Fsp3) is 0.438. The predicted molar refractivity (Wildman–Crippen MR) is 95.5 cm³/mol. The van der Waals surface area contributed by atoms with Crippen molar-refractivity contribution in [2.45, 2.75) is 36.3 Å². The SMILES string of the molecule is Cc1ccccc1Nc1nnc(S[C@H](C)C(=O)N2CCCC2)s1. The molecule has 1 amide bonds. The van der Waals surface area contributed by atoms with Gasteiger partial charge in [-0.3, -0.25) is 4.79 Å². The number of amides is 1. The summed E-state index contributed by atoms with van der Waals surface area (Å²) in [6, 6.07) is 8.06. The van der Waals surface area contributed by atoms with E-state index in [0.717, 1.165) is 46.7 Å². The lowest BCUT2D eigenvalue weighted by Crippen LogP contribution is -2.33. The summed E-state index contributed by atoms with van der Waals surface area (Å²) in [5.74, 6) is 0.205. The van der Waals surface area contributed by atoms with Crippen molar-refractivity contribution in [3.05, 3.63) is 29.8 Å². The molecule has 0 bridgehead atoms. The van der Waals surface area contributed by atoms with Gasteiger partial charge in [0.05, 0.1) is 5.25 Å². The first-order valence-electron chi connectivity index (χ1n) is 7.75. The second-order valence-electron chi connectivity index (χ2n) is 5.61. The average molecular weight is 348 g/mol. The molecule has 0 saturated carbocycles. The Balaban J connectivity index is 1.60. The van der Waals surface area contributed by atoms with Crippen molar-refractivity contribution in [1.29, 1.82) is 0 Å². The molecule has 1 aromatic carbocycles. The first kappa shape index (κ1) is 16.3. The molecule has 1 aliphatic heterocycles. The number of hydrogen-bond acceptors (Lipinski definition) is 6. The van der Waals surface area contributed by atoms with E-state index in [0.29, 0.717) is 0 Å². The van der Waals surface area contributed by atoms with Gasteiger partial charge in [-0.05, 0) is 38.3 Å². The molecule has 0 spiro atoms. The standard InChI is InChI=1S/C16H20N4OS2/c1-11-7-3-4-8-13(11)17-15-18-19-16(23-15)22-12(2)14(21)20-9-5-6-10-20/h3-4,7-8,12H,5-6,9-10H2,1-2H3,(H,17,18)/t12-/m1/s1. The fourth-order valence-electron chi connectivity index (χ4n) is 2.53. The molecule has 1 atom stereocenters. The van der Waals surface area contributed by atoms with Gasteiger partial charge in [0.2, 0.25) is 11.0 Å². The molecule has 122 valence electrons. The van der Waals surface area contributed by atoms with Gasteiger partial charge >= 0.3 is 0 Å². The molecule has 7 heteroatoms. The van der Waals surface area contributed by atoms with E-state index in [4.69, 9.17) is 0 Å². The van der Waals surface area contributed by atoms with Crippen LogP contribution in [0.2, 0.25) is 0 Å². The summed E-state index contributed by atoms with van der Waals surface area (Å²) in [6.45, 7) is 5.77. The van der Waals surface area contributed by atoms with Crippen molar-refractivity contribution < 1.29 is 4.79 Å². The van der Waals surface area contributed by atoms with Crippen LogP contribution in [0, 0.1) is 6.92 Å². The smallest absolute Gasteiger partial charge is 0.235 e. The van der Waals surface area contributed by atoms with E-state index in [9.17, 15) is 4.79 Å². The number of hydrogen-bond donors (Lipinski definition) is 1. The molecular weight excluding hydrogens is 328 g/mol.